The second kappa shape index (κ2) is 9.86. The molecule has 164 valence electrons. The molecule has 3 aromatic rings. The molecule has 0 aliphatic rings. The number of nitrogens with one attached hydrogen (secondary N) is 2. The van der Waals surface area contributed by atoms with Gasteiger partial charge in [-0.05, 0) is 37.6 Å². The van der Waals surface area contributed by atoms with Crippen molar-refractivity contribution in [1.82, 2.24) is 14.9 Å². The van der Waals surface area contributed by atoms with Crippen LogP contribution in [0.15, 0.2) is 52.9 Å². The Balaban J connectivity index is 1.61. The maximum atomic E-state index is 12.6. The number of carbonyl (C=O) groups excluding carboxylic acids is 1. The Bertz CT molecular complexity index is 1160. The molecule has 11 heteroatoms. The molecular weight excluding hydrogens is 440 g/mol. The SMILES string of the molecule is COc1ccccc1OC[C@@H](C)NS(=O)(=O)c1nnc(NC(=O)c2ccccc2C)s1. The summed E-state index contributed by atoms with van der Waals surface area (Å²) in [6.45, 7) is 3.55. The number of aromatic nitrogens is 2. The zero-order valence-corrected chi connectivity index (χ0v) is 18.8. The average molecular weight is 463 g/mol. The molecule has 0 bridgehead atoms. The third-order valence-corrected chi connectivity index (χ3v) is 6.96. The van der Waals surface area contributed by atoms with Gasteiger partial charge >= 0.3 is 0 Å². The molecular formula is C20H22N4O5S2. The van der Waals surface area contributed by atoms with Crippen LogP contribution in [-0.2, 0) is 10.0 Å². The Labute approximate surface area is 184 Å². The molecule has 0 radical (unpaired) electrons. The molecule has 0 saturated heterocycles. The summed E-state index contributed by atoms with van der Waals surface area (Å²) in [5.41, 5.74) is 1.27. The summed E-state index contributed by atoms with van der Waals surface area (Å²) in [7, 11) is -2.41. The predicted octanol–water partition coefficient (Wildman–Crippen LogP) is 2.85. The first-order valence-corrected chi connectivity index (χ1v) is 11.6. The average Bonchev–Trinajstić information content (AvgIpc) is 3.22. The fourth-order valence-electron chi connectivity index (χ4n) is 2.66. The van der Waals surface area contributed by atoms with Gasteiger partial charge in [0.15, 0.2) is 11.5 Å². The number of rotatable bonds is 9. The molecule has 1 heterocycles. The Morgan fingerprint density at radius 2 is 1.77 bits per heavy atom. The molecule has 1 amide bonds. The van der Waals surface area contributed by atoms with E-state index >= 15 is 0 Å². The largest absolute Gasteiger partial charge is 0.493 e. The van der Waals surface area contributed by atoms with Crippen molar-refractivity contribution < 1.29 is 22.7 Å². The highest BCUT2D eigenvalue weighted by molar-refractivity contribution is 7.91. The molecule has 31 heavy (non-hydrogen) atoms. The number of carbonyl (C=O) groups is 1. The maximum Gasteiger partial charge on any atom is 0.270 e. The van der Waals surface area contributed by atoms with E-state index in [0.717, 1.165) is 16.9 Å². The standard InChI is InChI=1S/C20H22N4O5S2/c1-13-8-4-5-9-15(13)18(25)21-19-22-23-20(30-19)31(26,27)24-14(2)12-29-17-11-7-6-10-16(17)28-3/h4-11,14,24H,12H2,1-3H3,(H,21,22,25)/t14-/m1/s1. The van der Waals surface area contributed by atoms with Crippen LogP contribution in [0, 0.1) is 6.92 Å². The van der Waals surface area contributed by atoms with Gasteiger partial charge in [0.25, 0.3) is 15.9 Å². The number of sulfonamides is 1. The van der Waals surface area contributed by atoms with E-state index in [2.05, 4.69) is 20.2 Å². The minimum atomic E-state index is -3.93. The number of anilines is 1. The van der Waals surface area contributed by atoms with Gasteiger partial charge in [0.2, 0.25) is 9.47 Å². The van der Waals surface area contributed by atoms with Crippen LogP contribution in [0.25, 0.3) is 0 Å². The van der Waals surface area contributed by atoms with E-state index in [1.807, 2.05) is 25.1 Å². The quantitative estimate of drug-likeness (QED) is 0.469. The van der Waals surface area contributed by atoms with E-state index < -0.39 is 16.1 Å². The van der Waals surface area contributed by atoms with Gasteiger partial charge in [0, 0.05) is 5.56 Å². The zero-order valence-electron chi connectivity index (χ0n) is 17.2. The second-order valence-corrected chi connectivity index (χ2v) is 9.49. The topological polar surface area (TPSA) is 120 Å². The first-order chi connectivity index (χ1) is 14.8. The number of hydrogen-bond donors (Lipinski definition) is 2. The van der Waals surface area contributed by atoms with Crippen molar-refractivity contribution in [3.8, 4) is 11.5 Å². The summed E-state index contributed by atoms with van der Waals surface area (Å²) in [6, 6.07) is 13.6. The molecule has 0 aliphatic carbocycles. The van der Waals surface area contributed by atoms with Gasteiger partial charge in [-0.1, -0.05) is 41.7 Å². The molecule has 2 aromatic carbocycles. The lowest BCUT2D eigenvalue weighted by molar-refractivity contribution is 0.102. The van der Waals surface area contributed by atoms with Gasteiger partial charge in [-0.15, -0.1) is 10.2 Å². The maximum absolute atomic E-state index is 12.6. The van der Waals surface area contributed by atoms with Crippen molar-refractivity contribution in [2.45, 2.75) is 24.2 Å². The van der Waals surface area contributed by atoms with Crippen LogP contribution in [0.5, 0.6) is 11.5 Å². The van der Waals surface area contributed by atoms with Crippen LogP contribution in [-0.4, -0.2) is 44.3 Å². The molecule has 0 aliphatic heterocycles. The van der Waals surface area contributed by atoms with Gasteiger partial charge in [-0.2, -0.15) is 0 Å². The number of aryl methyl sites for hydroxylation is 1. The highest BCUT2D eigenvalue weighted by Crippen LogP contribution is 2.26. The van der Waals surface area contributed by atoms with Crippen LogP contribution in [0.2, 0.25) is 0 Å². The first kappa shape index (κ1) is 22.7. The van der Waals surface area contributed by atoms with Crippen molar-refractivity contribution in [3.63, 3.8) is 0 Å². The van der Waals surface area contributed by atoms with E-state index in [0.29, 0.717) is 17.1 Å². The van der Waals surface area contributed by atoms with E-state index in [4.69, 9.17) is 9.47 Å². The molecule has 0 unspecified atom stereocenters. The van der Waals surface area contributed by atoms with Crippen LogP contribution in [0.3, 0.4) is 0 Å². The number of methoxy groups -OCH3 is 1. The lowest BCUT2D eigenvalue weighted by atomic mass is 10.1. The summed E-state index contributed by atoms with van der Waals surface area (Å²) in [5, 5.41) is 10.1. The van der Waals surface area contributed by atoms with Crippen molar-refractivity contribution in [2.24, 2.45) is 0 Å². The van der Waals surface area contributed by atoms with Gasteiger partial charge in [-0.25, -0.2) is 13.1 Å². The fraction of sp³-hybridized carbons (Fsp3) is 0.250. The van der Waals surface area contributed by atoms with Gasteiger partial charge in [0.1, 0.15) is 6.61 Å². The second-order valence-electron chi connectivity index (χ2n) is 6.63. The summed E-state index contributed by atoms with van der Waals surface area (Å²) >= 11 is 0.766. The van der Waals surface area contributed by atoms with Gasteiger partial charge < -0.3 is 9.47 Å². The smallest absolute Gasteiger partial charge is 0.270 e. The van der Waals surface area contributed by atoms with Crippen molar-refractivity contribution in [3.05, 3.63) is 59.7 Å². The minimum Gasteiger partial charge on any atom is -0.493 e. The van der Waals surface area contributed by atoms with E-state index in [1.165, 1.54) is 7.11 Å². The van der Waals surface area contributed by atoms with Crippen LogP contribution < -0.4 is 19.5 Å². The minimum absolute atomic E-state index is 0.0787. The highest BCUT2D eigenvalue weighted by atomic mass is 32.2. The Hall–Kier alpha value is -3.02. The predicted molar refractivity (Wildman–Crippen MR) is 117 cm³/mol. The van der Waals surface area contributed by atoms with E-state index in [1.54, 1.807) is 37.3 Å². The van der Waals surface area contributed by atoms with E-state index in [-0.39, 0.29) is 22.0 Å². The summed E-state index contributed by atoms with van der Waals surface area (Å²) in [6.07, 6.45) is 0. The Morgan fingerprint density at radius 1 is 1.10 bits per heavy atom. The summed E-state index contributed by atoms with van der Waals surface area (Å²) in [5.74, 6) is 0.675. The molecule has 0 spiro atoms. The molecule has 1 atom stereocenters. The van der Waals surface area contributed by atoms with Gasteiger partial charge in [-0.3, -0.25) is 10.1 Å². The fourth-order valence-corrected chi connectivity index (χ4v) is 4.80. The lowest BCUT2D eigenvalue weighted by Gasteiger charge is -2.15. The molecule has 9 nitrogen and oxygen atoms in total. The third-order valence-electron chi connectivity index (χ3n) is 4.16. The molecule has 0 saturated carbocycles. The van der Waals surface area contributed by atoms with Gasteiger partial charge in [0.05, 0.1) is 13.2 Å². The van der Waals surface area contributed by atoms with Crippen LogP contribution >= 0.6 is 11.3 Å². The number of ether oxygens (including phenoxy) is 2. The Kier molecular flexibility index (Phi) is 7.21. The van der Waals surface area contributed by atoms with E-state index in [9.17, 15) is 13.2 Å². The summed E-state index contributed by atoms with van der Waals surface area (Å²) < 4.78 is 38.3. The molecule has 3 rings (SSSR count). The highest BCUT2D eigenvalue weighted by Gasteiger charge is 2.24. The normalized spacial score (nSPS) is 12.2. The number of hydrogen-bond acceptors (Lipinski definition) is 8. The third kappa shape index (κ3) is 5.78. The number of nitrogens with zero attached hydrogens (tertiary/aromatic N) is 2. The molecule has 0 fully saturated rings. The monoisotopic (exact) mass is 462 g/mol. The number of para-hydroxylation sites is 2. The lowest BCUT2D eigenvalue weighted by Crippen LogP contribution is -2.36. The number of benzene rings is 2. The molecule has 2 N–H and O–H groups in total. The molecule has 1 aromatic heterocycles. The first-order valence-electron chi connectivity index (χ1n) is 9.29. The van der Waals surface area contributed by atoms with Crippen molar-refractivity contribution in [2.75, 3.05) is 19.0 Å². The summed E-state index contributed by atoms with van der Waals surface area (Å²) in [4.78, 5) is 12.4. The van der Waals surface area contributed by atoms with Crippen LogP contribution in [0.1, 0.15) is 22.8 Å². The number of amides is 1. The van der Waals surface area contributed by atoms with Crippen molar-refractivity contribution in [1.29, 1.82) is 0 Å². The van der Waals surface area contributed by atoms with Crippen LogP contribution in [0.4, 0.5) is 5.13 Å². The zero-order chi connectivity index (χ0) is 22.4. The van der Waals surface area contributed by atoms with Crippen molar-refractivity contribution >= 4 is 32.4 Å². The Morgan fingerprint density at radius 3 is 2.48 bits per heavy atom.